The second-order valence-electron chi connectivity index (χ2n) is 5.17. The lowest BCUT2D eigenvalue weighted by molar-refractivity contribution is -0.137. The van der Waals surface area contributed by atoms with Gasteiger partial charge in [-0.05, 0) is 49.9 Å². The Labute approximate surface area is 125 Å². The minimum absolute atomic E-state index is 0.124. The standard InChI is InChI=1S/C14H17BrN2O3/c1-9-7-10(15)3-4-11(9)17-13(19)12(18)16-8-14(20)5-2-6-14/h3-4,7,20H,2,5-6,8H2,1H3,(H,16,18)(H,17,19). The molecule has 0 unspecified atom stereocenters. The van der Waals surface area contributed by atoms with Gasteiger partial charge in [-0.3, -0.25) is 9.59 Å². The van der Waals surface area contributed by atoms with E-state index in [9.17, 15) is 14.7 Å². The third kappa shape index (κ3) is 3.58. The van der Waals surface area contributed by atoms with Crippen LogP contribution >= 0.6 is 15.9 Å². The number of anilines is 1. The van der Waals surface area contributed by atoms with Crippen molar-refractivity contribution in [3.8, 4) is 0 Å². The lowest BCUT2D eigenvalue weighted by Gasteiger charge is -2.36. The summed E-state index contributed by atoms with van der Waals surface area (Å²) in [5.74, 6) is -1.45. The van der Waals surface area contributed by atoms with E-state index in [1.165, 1.54) is 0 Å². The Kier molecular flexibility index (Phi) is 4.45. The summed E-state index contributed by atoms with van der Waals surface area (Å²) in [6.45, 7) is 1.97. The van der Waals surface area contributed by atoms with E-state index in [2.05, 4.69) is 26.6 Å². The van der Waals surface area contributed by atoms with Crippen molar-refractivity contribution in [1.29, 1.82) is 0 Å². The highest BCUT2D eigenvalue weighted by atomic mass is 79.9. The first-order chi connectivity index (χ1) is 9.39. The maximum atomic E-state index is 11.8. The van der Waals surface area contributed by atoms with Crippen LogP contribution in [0.15, 0.2) is 22.7 Å². The summed E-state index contributed by atoms with van der Waals surface area (Å²) in [5.41, 5.74) is 0.623. The molecule has 1 aliphatic rings. The smallest absolute Gasteiger partial charge is 0.313 e. The molecule has 0 heterocycles. The van der Waals surface area contributed by atoms with Crippen LogP contribution in [0.25, 0.3) is 0 Å². The number of hydrogen-bond acceptors (Lipinski definition) is 3. The Morgan fingerprint density at radius 2 is 2.05 bits per heavy atom. The number of amides is 2. The molecule has 1 saturated carbocycles. The summed E-state index contributed by atoms with van der Waals surface area (Å²) in [6, 6.07) is 5.37. The summed E-state index contributed by atoms with van der Waals surface area (Å²) in [5, 5.41) is 14.9. The third-order valence-corrected chi connectivity index (χ3v) is 4.00. The first kappa shape index (κ1) is 15.0. The van der Waals surface area contributed by atoms with Crippen molar-refractivity contribution in [2.45, 2.75) is 31.8 Å². The molecule has 1 aromatic carbocycles. The average molecular weight is 341 g/mol. The summed E-state index contributed by atoms with van der Waals surface area (Å²) >= 11 is 3.33. The average Bonchev–Trinajstić information content (AvgIpc) is 2.36. The van der Waals surface area contributed by atoms with Gasteiger partial charge >= 0.3 is 11.8 Å². The maximum absolute atomic E-state index is 11.8. The number of carbonyl (C=O) groups is 2. The molecular formula is C14H17BrN2O3. The van der Waals surface area contributed by atoms with Crippen LogP contribution in [-0.4, -0.2) is 29.1 Å². The van der Waals surface area contributed by atoms with Gasteiger partial charge in [0.05, 0.1) is 5.60 Å². The molecule has 2 amide bonds. The molecule has 1 aliphatic carbocycles. The molecular weight excluding hydrogens is 324 g/mol. The van der Waals surface area contributed by atoms with Gasteiger partial charge in [-0.25, -0.2) is 0 Å². The van der Waals surface area contributed by atoms with Gasteiger partial charge in [0.1, 0.15) is 0 Å². The summed E-state index contributed by atoms with van der Waals surface area (Å²) < 4.78 is 0.907. The molecule has 1 aromatic rings. The highest BCUT2D eigenvalue weighted by molar-refractivity contribution is 9.10. The molecule has 2 rings (SSSR count). The van der Waals surface area contributed by atoms with Crippen LogP contribution in [0, 0.1) is 6.92 Å². The number of nitrogens with one attached hydrogen (secondary N) is 2. The van der Waals surface area contributed by atoms with Gasteiger partial charge in [0.25, 0.3) is 0 Å². The van der Waals surface area contributed by atoms with Gasteiger partial charge in [0.2, 0.25) is 0 Å². The largest absolute Gasteiger partial charge is 0.388 e. The number of carbonyl (C=O) groups excluding carboxylic acids is 2. The normalized spacial score (nSPS) is 16.1. The van der Waals surface area contributed by atoms with E-state index in [-0.39, 0.29) is 6.54 Å². The van der Waals surface area contributed by atoms with Crippen LogP contribution in [0.1, 0.15) is 24.8 Å². The Balaban J connectivity index is 1.88. The second kappa shape index (κ2) is 5.93. The monoisotopic (exact) mass is 340 g/mol. The molecule has 0 bridgehead atoms. The summed E-state index contributed by atoms with van der Waals surface area (Å²) in [6.07, 6.45) is 2.29. The highest BCUT2D eigenvalue weighted by Gasteiger charge is 2.35. The maximum Gasteiger partial charge on any atom is 0.313 e. The number of rotatable bonds is 3. The molecule has 0 saturated heterocycles. The van der Waals surface area contributed by atoms with Crippen LogP contribution in [0.2, 0.25) is 0 Å². The molecule has 0 atom stereocenters. The SMILES string of the molecule is Cc1cc(Br)ccc1NC(=O)C(=O)NCC1(O)CCC1. The Bertz CT molecular complexity index is 541. The Hall–Kier alpha value is -1.40. The van der Waals surface area contributed by atoms with Crippen molar-refractivity contribution in [3.05, 3.63) is 28.2 Å². The predicted molar refractivity (Wildman–Crippen MR) is 79.3 cm³/mol. The zero-order valence-corrected chi connectivity index (χ0v) is 12.8. The number of aryl methyl sites for hydroxylation is 1. The second-order valence-corrected chi connectivity index (χ2v) is 6.09. The third-order valence-electron chi connectivity index (χ3n) is 3.51. The fraction of sp³-hybridized carbons (Fsp3) is 0.429. The van der Waals surface area contributed by atoms with Crippen molar-refractivity contribution in [2.24, 2.45) is 0 Å². The quantitative estimate of drug-likeness (QED) is 0.733. The van der Waals surface area contributed by atoms with E-state index in [1.54, 1.807) is 12.1 Å². The van der Waals surface area contributed by atoms with Crippen LogP contribution < -0.4 is 10.6 Å². The predicted octanol–water partition coefficient (Wildman–Crippen LogP) is 1.73. The fourth-order valence-electron chi connectivity index (χ4n) is 2.03. The van der Waals surface area contributed by atoms with Crippen LogP contribution in [-0.2, 0) is 9.59 Å². The van der Waals surface area contributed by atoms with Crippen molar-refractivity contribution in [3.63, 3.8) is 0 Å². The Morgan fingerprint density at radius 3 is 2.60 bits per heavy atom. The number of aliphatic hydroxyl groups is 1. The number of benzene rings is 1. The molecule has 6 heteroatoms. The van der Waals surface area contributed by atoms with Crippen molar-refractivity contribution in [2.75, 3.05) is 11.9 Å². The first-order valence-electron chi connectivity index (χ1n) is 6.47. The first-order valence-corrected chi connectivity index (χ1v) is 7.27. The molecule has 3 N–H and O–H groups in total. The van der Waals surface area contributed by atoms with E-state index in [1.807, 2.05) is 13.0 Å². The van der Waals surface area contributed by atoms with Crippen LogP contribution in [0.4, 0.5) is 5.69 Å². The lowest BCUT2D eigenvalue weighted by atomic mass is 9.80. The zero-order valence-electron chi connectivity index (χ0n) is 11.2. The topological polar surface area (TPSA) is 78.4 Å². The molecule has 0 aromatic heterocycles. The van der Waals surface area contributed by atoms with E-state index in [4.69, 9.17) is 0 Å². The van der Waals surface area contributed by atoms with Gasteiger partial charge < -0.3 is 15.7 Å². The molecule has 0 radical (unpaired) electrons. The zero-order chi connectivity index (χ0) is 14.8. The number of hydrogen-bond donors (Lipinski definition) is 3. The van der Waals surface area contributed by atoms with Crippen molar-refractivity contribution >= 4 is 33.4 Å². The van der Waals surface area contributed by atoms with Gasteiger partial charge in [0, 0.05) is 16.7 Å². The van der Waals surface area contributed by atoms with Gasteiger partial charge in [-0.2, -0.15) is 0 Å². The van der Waals surface area contributed by atoms with Gasteiger partial charge in [0.15, 0.2) is 0 Å². The molecule has 108 valence electrons. The molecule has 0 spiro atoms. The molecule has 1 fully saturated rings. The molecule has 5 nitrogen and oxygen atoms in total. The Morgan fingerprint density at radius 1 is 1.35 bits per heavy atom. The van der Waals surface area contributed by atoms with E-state index in [0.717, 1.165) is 16.5 Å². The fourth-order valence-corrected chi connectivity index (χ4v) is 2.51. The molecule has 20 heavy (non-hydrogen) atoms. The van der Waals surface area contributed by atoms with E-state index in [0.29, 0.717) is 18.5 Å². The minimum atomic E-state index is -0.830. The lowest BCUT2D eigenvalue weighted by Crippen LogP contribution is -2.49. The van der Waals surface area contributed by atoms with Crippen molar-refractivity contribution < 1.29 is 14.7 Å². The van der Waals surface area contributed by atoms with Gasteiger partial charge in [-0.1, -0.05) is 15.9 Å². The highest BCUT2D eigenvalue weighted by Crippen LogP contribution is 2.30. The minimum Gasteiger partial charge on any atom is -0.388 e. The van der Waals surface area contributed by atoms with Crippen molar-refractivity contribution in [1.82, 2.24) is 5.32 Å². The van der Waals surface area contributed by atoms with Gasteiger partial charge in [-0.15, -0.1) is 0 Å². The molecule has 0 aliphatic heterocycles. The summed E-state index contributed by atoms with van der Waals surface area (Å²) in [7, 11) is 0. The van der Waals surface area contributed by atoms with Crippen LogP contribution in [0.3, 0.4) is 0 Å². The van der Waals surface area contributed by atoms with E-state index >= 15 is 0 Å². The summed E-state index contributed by atoms with van der Waals surface area (Å²) in [4.78, 5) is 23.4. The number of halogens is 1. The van der Waals surface area contributed by atoms with Crippen LogP contribution in [0.5, 0.6) is 0 Å². The van der Waals surface area contributed by atoms with E-state index < -0.39 is 17.4 Å².